The average Bonchev–Trinajstić information content (AvgIpc) is 3.07. The predicted octanol–water partition coefficient (Wildman–Crippen LogP) is 2.49. The van der Waals surface area contributed by atoms with Crippen LogP contribution in [0.1, 0.15) is 26.7 Å². The van der Waals surface area contributed by atoms with Gasteiger partial charge in [-0.1, -0.05) is 0 Å². The van der Waals surface area contributed by atoms with Gasteiger partial charge in [0.2, 0.25) is 0 Å². The normalized spacial score (nSPS) is 15.4. The third-order valence-corrected chi connectivity index (χ3v) is 3.27. The maximum atomic E-state index is 11.1. The molecular formula is C12H16BrN3O3. The maximum absolute atomic E-state index is 11.1. The highest BCUT2D eigenvalue weighted by atomic mass is 79.9. The van der Waals surface area contributed by atoms with Crippen LogP contribution < -0.4 is 4.90 Å². The predicted molar refractivity (Wildman–Crippen MR) is 75.3 cm³/mol. The van der Waals surface area contributed by atoms with Crippen molar-refractivity contribution < 1.29 is 10.0 Å². The van der Waals surface area contributed by atoms with Gasteiger partial charge in [0.25, 0.3) is 0 Å². The average molecular weight is 330 g/mol. The van der Waals surface area contributed by atoms with E-state index in [1.54, 1.807) is 19.9 Å². The maximum Gasteiger partial charge on any atom is 0.387 e. The largest absolute Gasteiger partial charge is 0.389 e. The van der Waals surface area contributed by atoms with Crippen molar-refractivity contribution in [3.05, 3.63) is 26.9 Å². The van der Waals surface area contributed by atoms with E-state index in [1.165, 1.54) is 6.20 Å². The van der Waals surface area contributed by atoms with Crippen LogP contribution in [0.3, 0.4) is 0 Å². The van der Waals surface area contributed by atoms with Gasteiger partial charge in [0.1, 0.15) is 5.69 Å². The van der Waals surface area contributed by atoms with E-state index in [1.807, 2.05) is 4.90 Å². The van der Waals surface area contributed by atoms with Crippen molar-refractivity contribution in [3.8, 4) is 0 Å². The van der Waals surface area contributed by atoms with Gasteiger partial charge in [-0.25, -0.2) is 0 Å². The number of nitro groups is 1. The van der Waals surface area contributed by atoms with Crippen LogP contribution >= 0.6 is 15.9 Å². The first kappa shape index (κ1) is 14.2. The van der Waals surface area contributed by atoms with Gasteiger partial charge in [-0.05, 0) is 58.6 Å². The van der Waals surface area contributed by atoms with Crippen LogP contribution in [0.4, 0.5) is 11.5 Å². The van der Waals surface area contributed by atoms with Gasteiger partial charge in [0, 0.05) is 12.6 Å². The highest BCUT2D eigenvalue weighted by molar-refractivity contribution is 9.10. The molecule has 1 heterocycles. The fourth-order valence-corrected chi connectivity index (χ4v) is 2.31. The number of aromatic nitrogens is 1. The minimum Gasteiger partial charge on any atom is -0.389 e. The topological polar surface area (TPSA) is 79.5 Å². The molecule has 1 aromatic heterocycles. The third-order valence-electron chi connectivity index (χ3n) is 2.84. The molecule has 1 N–H and O–H groups in total. The van der Waals surface area contributed by atoms with Gasteiger partial charge < -0.3 is 20.1 Å². The summed E-state index contributed by atoms with van der Waals surface area (Å²) >= 11 is 3.29. The molecule has 0 radical (unpaired) electrons. The number of hydrogen-bond acceptors (Lipinski definition) is 5. The Kier molecular flexibility index (Phi) is 3.78. The van der Waals surface area contributed by atoms with Crippen molar-refractivity contribution in [2.75, 3.05) is 11.4 Å². The Hall–Kier alpha value is -1.21. The molecule has 0 unspecified atom stereocenters. The van der Waals surface area contributed by atoms with Crippen LogP contribution in [-0.2, 0) is 0 Å². The molecule has 0 atom stereocenters. The van der Waals surface area contributed by atoms with Gasteiger partial charge in [-0.3, -0.25) is 0 Å². The van der Waals surface area contributed by atoms with Crippen LogP contribution in [0.2, 0.25) is 0 Å². The zero-order chi connectivity index (χ0) is 14.2. The number of nitrogens with zero attached hydrogens (tertiary/aromatic N) is 3. The molecular weight excluding hydrogens is 314 g/mol. The first-order valence-electron chi connectivity index (χ1n) is 6.07. The highest BCUT2D eigenvalue weighted by Gasteiger charge is 2.36. The molecule has 19 heavy (non-hydrogen) atoms. The van der Waals surface area contributed by atoms with Gasteiger partial charge >= 0.3 is 5.82 Å². The molecule has 1 aromatic rings. The number of halogens is 1. The number of aliphatic hydroxyl groups is 1. The van der Waals surface area contributed by atoms with Crippen molar-refractivity contribution in [2.45, 2.75) is 38.3 Å². The highest BCUT2D eigenvalue weighted by Crippen LogP contribution is 2.37. The number of rotatable bonds is 5. The Labute approximate surface area is 119 Å². The third kappa shape index (κ3) is 3.63. The molecule has 1 aliphatic carbocycles. The van der Waals surface area contributed by atoms with E-state index in [2.05, 4.69) is 20.9 Å². The lowest BCUT2D eigenvalue weighted by Crippen LogP contribution is -2.40. The number of pyridine rings is 1. The number of anilines is 1. The van der Waals surface area contributed by atoms with Gasteiger partial charge in [0.05, 0.1) is 10.1 Å². The van der Waals surface area contributed by atoms with Crippen LogP contribution in [0, 0.1) is 10.1 Å². The molecule has 1 saturated carbocycles. The Morgan fingerprint density at radius 3 is 2.74 bits per heavy atom. The van der Waals surface area contributed by atoms with E-state index in [0.717, 1.165) is 12.8 Å². The first-order valence-corrected chi connectivity index (χ1v) is 6.86. The zero-order valence-corrected chi connectivity index (χ0v) is 12.4. The fraction of sp³-hybridized carbons (Fsp3) is 0.583. The van der Waals surface area contributed by atoms with Crippen molar-refractivity contribution in [1.29, 1.82) is 0 Å². The lowest BCUT2D eigenvalue weighted by atomic mass is 10.1. The summed E-state index contributed by atoms with van der Waals surface area (Å²) in [6, 6.07) is 1.94. The zero-order valence-electron chi connectivity index (χ0n) is 10.8. The second kappa shape index (κ2) is 5.05. The SMILES string of the molecule is CC(C)(O)CN(c1cc(Br)cnc1[N+](=O)[O-])C1CC1. The molecule has 6 nitrogen and oxygen atoms in total. The standard InChI is InChI=1S/C12H16BrN3O3/c1-12(2,17)7-15(9-3-4-9)10-5-8(13)6-14-11(10)16(18)19/h5-6,9,17H,3-4,7H2,1-2H3. The summed E-state index contributed by atoms with van der Waals surface area (Å²) in [7, 11) is 0. The van der Waals surface area contributed by atoms with Gasteiger partial charge in [-0.2, -0.15) is 0 Å². The Bertz CT molecular complexity index is 497. The fourth-order valence-electron chi connectivity index (χ4n) is 1.99. The summed E-state index contributed by atoms with van der Waals surface area (Å²) in [5.74, 6) is -0.167. The van der Waals surface area contributed by atoms with E-state index in [0.29, 0.717) is 16.7 Å². The molecule has 0 spiro atoms. The van der Waals surface area contributed by atoms with E-state index in [-0.39, 0.29) is 11.9 Å². The molecule has 2 rings (SSSR count). The molecule has 0 bridgehead atoms. The van der Waals surface area contributed by atoms with Crippen LogP contribution in [0.5, 0.6) is 0 Å². The quantitative estimate of drug-likeness (QED) is 0.663. The molecule has 7 heteroatoms. The molecule has 1 fully saturated rings. The Morgan fingerprint density at radius 2 is 2.26 bits per heavy atom. The van der Waals surface area contributed by atoms with Gasteiger partial charge in [0.15, 0.2) is 6.20 Å². The second-order valence-electron chi connectivity index (χ2n) is 5.42. The molecule has 1 aliphatic rings. The minimum atomic E-state index is -0.918. The van der Waals surface area contributed by atoms with Crippen molar-refractivity contribution in [2.24, 2.45) is 0 Å². The summed E-state index contributed by atoms with van der Waals surface area (Å²) in [6.07, 6.45) is 3.39. The van der Waals surface area contributed by atoms with Crippen LogP contribution in [0.25, 0.3) is 0 Å². The van der Waals surface area contributed by atoms with Crippen LogP contribution in [-0.4, -0.2) is 33.2 Å². The monoisotopic (exact) mass is 329 g/mol. The summed E-state index contributed by atoms with van der Waals surface area (Å²) in [4.78, 5) is 16.4. The van der Waals surface area contributed by atoms with Crippen LogP contribution in [0.15, 0.2) is 16.7 Å². The molecule has 0 aliphatic heterocycles. The molecule has 0 amide bonds. The lowest BCUT2D eigenvalue weighted by Gasteiger charge is -2.30. The van der Waals surface area contributed by atoms with Crippen molar-refractivity contribution >= 4 is 27.4 Å². The smallest absolute Gasteiger partial charge is 0.387 e. The Balaban J connectivity index is 2.40. The van der Waals surface area contributed by atoms with E-state index in [4.69, 9.17) is 0 Å². The lowest BCUT2D eigenvalue weighted by molar-refractivity contribution is -0.388. The minimum absolute atomic E-state index is 0.167. The molecule has 0 saturated heterocycles. The number of hydrogen-bond donors (Lipinski definition) is 1. The van der Waals surface area contributed by atoms with E-state index < -0.39 is 10.5 Å². The van der Waals surface area contributed by atoms with Crippen molar-refractivity contribution in [1.82, 2.24) is 4.98 Å². The molecule has 0 aromatic carbocycles. The summed E-state index contributed by atoms with van der Waals surface area (Å²) in [5.41, 5.74) is -0.456. The van der Waals surface area contributed by atoms with E-state index >= 15 is 0 Å². The summed E-state index contributed by atoms with van der Waals surface area (Å²) in [5, 5.41) is 21.1. The first-order chi connectivity index (χ1) is 8.78. The Morgan fingerprint density at radius 1 is 1.63 bits per heavy atom. The molecule has 104 valence electrons. The summed E-state index contributed by atoms with van der Waals surface area (Å²) < 4.78 is 0.689. The van der Waals surface area contributed by atoms with Gasteiger partial charge in [-0.15, -0.1) is 0 Å². The van der Waals surface area contributed by atoms with E-state index in [9.17, 15) is 15.2 Å². The second-order valence-corrected chi connectivity index (χ2v) is 6.34. The van der Waals surface area contributed by atoms with Crippen molar-refractivity contribution in [3.63, 3.8) is 0 Å². The summed E-state index contributed by atoms with van der Waals surface area (Å²) in [6.45, 7) is 3.73.